The molecule has 1 aromatic carbocycles. The predicted molar refractivity (Wildman–Crippen MR) is 68.6 cm³/mol. The lowest BCUT2D eigenvalue weighted by atomic mass is 9.96. The van der Waals surface area contributed by atoms with Gasteiger partial charge < -0.3 is 15.6 Å². The highest BCUT2D eigenvalue weighted by Gasteiger charge is 2.37. The zero-order chi connectivity index (χ0) is 12.6. The maximum absolute atomic E-state index is 10.2. The van der Waals surface area contributed by atoms with Crippen molar-refractivity contribution in [2.45, 2.75) is 45.1 Å². The fourth-order valence-corrected chi connectivity index (χ4v) is 2.23. The molecule has 1 saturated carbocycles. The molecular formula is C14H21NO2. The van der Waals surface area contributed by atoms with Crippen molar-refractivity contribution in [1.29, 1.82) is 0 Å². The minimum absolute atomic E-state index is 0.0344. The van der Waals surface area contributed by atoms with Crippen LogP contribution in [-0.2, 0) is 6.42 Å². The van der Waals surface area contributed by atoms with Gasteiger partial charge in [0, 0.05) is 11.1 Å². The summed E-state index contributed by atoms with van der Waals surface area (Å²) in [4.78, 5) is 0. The second-order valence-corrected chi connectivity index (χ2v) is 5.21. The molecule has 0 unspecified atom stereocenters. The normalized spacial score (nSPS) is 16.9. The van der Waals surface area contributed by atoms with Gasteiger partial charge in [0.15, 0.2) is 0 Å². The molecule has 94 valence electrons. The first kappa shape index (κ1) is 12.2. The van der Waals surface area contributed by atoms with Crippen LogP contribution in [0.4, 0.5) is 0 Å². The molecule has 0 saturated heterocycles. The number of phenolic OH excluding ortho intramolecular Hbond substituents is 1. The molecule has 0 bridgehead atoms. The van der Waals surface area contributed by atoms with Gasteiger partial charge in [-0.3, -0.25) is 0 Å². The Morgan fingerprint density at radius 3 is 2.59 bits per heavy atom. The summed E-state index contributed by atoms with van der Waals surface area (Å²) >= 11 is 0. The second-order valence-electron chi connectivity index (χ2n) is 5.21. The van der Waals surface area contributed by atoms with Gasteiger partial charge in [-0.2, -0.15) is 0 Å². The third kappa shape index (κ3) is 2.39. The quantitative estimate of drug-likeness (QED) is 0.842. The number of hydrogen-bond acceptors (Lipinski definition) is 3. The zero-order valence-electron chi connectivity index (χ0n) is 10.8. The van der Waals surface area contributed by atoms with Crippen molar-refractivity contribution in [2.24, 2.45) is 5.73 Å². The minimum Gasteiger partial charge on any atom is -0.507 e. The average Bonchev–Trinajstić information content (AvgIpc) is 3.02. The minimum atomic E-state index is 0.0344. The number of aryl methyl sites for hydroxylation is 1. The highest BCUT2D eigenvalue weighted by Crippen LogP contribution is 2.39. The largest absolute Gasteiger partial charge is 0.507 e. The maximum Gasteiger partial charge on any atom is 0.125 e. The van der Waals surface area contributed by atoms with E-state index in [0.29, 0.717) is 5.75 Å². The molecule has 1 aromatic rings. The van der Waals surface area contributed by atoms with Crippen LogP contribution in [-0.4, -0.2) is 17.8 Å². The molecule has 0 spiro atoms. The Balaban J connectivity index is 2.24. The highest BCUT2D eigenvalue weighted by molar-refractivity contribution is 5.52. The van der Waals surface area contributed by atoms with Crippen LogP contribution in [0.15, 0.2) is 6.07 Å². The molecule has 1 aliphatic carbocycles. The second kappa shape index (κ2) is 4.22. The van der Waals surface area contributed by atoms with Crippen molar-refractivity contribution in [3.8, 4) is 11.5 Å². The Hall–Kier alpha value is -1.22. The summed E-state index contributed by atoms with van der Waals surface area (Å²) in [7, 11) is 1.62. The number of rotatable bonds is 4. The van der Waals surface area contributed by atoms with Crippen LogP contribution in [0.2, 0.25) is 0 Å². The van der Waals surface area contributed by atoms with Gasteiger partial charge in [0.1, 0.15) is 11.5 Å². The van der Waals surface area contributed by atoms with Gasteiger partial charge >= 0.3 is 0 Å². The molecule has 1 aliphatic rings. The Morgan fingerprint density at radius 2 is 2.06 bits per heavy atom. The number of methoxy groups -OCH3 is 1. The van der Waals surface area contributed by atoms with Crippen molar-refractivity contribution in [3.05, 3.63) is 22.8 Å². The number of phenols is 1. The SMILES string of the molecule is COc1cc(C)c(CCC2(N)CC2)c(O)c1C. The molecule has 17 heavy (non-hydrogen) atoms. The van der Waals surface area contributed by atoms with Gasteiger partial charge in [-0.25, -0.2) is 0 Å². The van der Waals surface area contributed by atoms with Gasteiger partial charge in [-0.05, 0) is 56.7 Å². The van der Waals surface area contributed by atoms with Crippen molar-refractivity contribution in [1.82, 2.24) is 0 Å². The third-order valence-electron chi connectivity index (χ3n) is 3.82. The molecular weight excluding hydrogens is 214 g/mol. The summed E-state index contributed by atoms with van der Waals surface area (Å²) < 4.78 is 5.23. The smallest absolute Gasteiger partial charge is 0.125 e. The number of hydrogen-bond donors (Lipinski definition) is 2. The maximum atomic E-state index is 10.2. The van der Waals surface area contributed by atoms with E-state index in [1.165, 1.54) is 0 Å². The molecule has 1 fully saturated rings. The lowest BCUT2D eigenvalue weighted by Gasteiger charge is -2.16. The summed E-state index contributed by atoms with van der Waals surface area (Å²) in [6.45, 7) is 3.89. The van der Waals surface area contributed by atoms with Crippen LogP contribution in [0.25, 0.3) is 0 Å². The van der Waals surface area contributed by atoms with Crippen molar-refractivity contribution in [3.63, 3.8) is 0 Å². The first-order valence-corrected chi connectivity index (χ1v) is 6.12. The molecule has 0 aliphatic heterocycles. The summed E-state index contributed by atoms with van der Waals surface area (Å²) in [5.74, 6) is 1.11. The van der Waals surface area contributed by atoms with Crippen LogP contribution in [0, 0.1) is 13.8 Å². The van der Waals surface area contributed by atoms with E-state index < -0.39 is 0 Å². The molecule has 3 nitrogen and oxygen atoms in total. The van der Waals surface area contributed by atoms with Crippen LogP contribution in [0.1, 0.15) is 36.0 Å². The van der Waals surface area contributed by atoms with E-state index in [1.807, 2.05) is 19.9 Å². The Labute approximate surface area is 103 Å². The lowest BCUT2D eigenvalue weighted by Crippen LogP contribution is -2.22. The first-order chi connectivity index (χ1) is 7.97. The van der Waals surface area contributed by atoms with Crippen molar-refractivity contribution < 1.29 is 9.84 Å². The van der Waals surface area contributed by atoms with E-state index in [2.05, 4.69) is 0 Å². The Kier molecular flexibility index (Phi) is 3.04. The van der Waals surface area contributed by atoms with Gasteiger partial charge in [0.2, 0.25) is 0 Å². The number of nitrogens with two attached hydrogens (primary N) is 1. The van der Waals surface area contributed by atoms with Crippen LogP contribution in [0.5, 0.6) is 11.5 Å². The van der Waals surface area contributed by atoms with Gasteiger partial charge in [-0.1, -0.05) is 0 Å². The number of ether oxygens (including phenoxy) is 1. The molecule has 3 heteroatoms. The highest BCUT2D eigenvalue weighted by atomic mass is 16.5. The summed E-state index contributed by atoms with van der Waals surface area (Å²) in [5.41, 5.74) is 9.02. The number of aromatic hydroxyl groups is 1. The fraction of sp³-hybridized carbons (Fsp3) is 0.571. The van der Waals surface area contributed by atoms with Gasteiger partial charge in [0.05, 0.1) is 7.11 Å². The lowest BCUT2D eigenvalue weighted by molar-refractivity contribution is 0.400. The topological polar surface area (TPSA) is 55.5 Å². The summed E-state index contributed by atoms with van der Waals surface area (Å²) in [6.07, 6.45) is 4.02. The zero-order valence-corrected chi connectivity index (χ0v) is 10.8. The standard InChI is InChI=1S/C14H21NO2/c1-9-8-12(17-3)10(2)13(16)11(9)4-5-14(15)6-7-14/h8,16H,4-7,15H2,1-3H3. The Bertz CT molecular complexity index is 436. The van der Waals surface area contributed by atoms with Crippen LogP contribution in [0.3, 0.4) is 0 Å². The van der Waals surface area contributed by atoms with E-state index in [9.17, 15) is 5.11 Å². The summed E-state index contributed by atoms with van der Waals surface area (Å²) in [6, 6.07) is 1.99. The molecule has 0 amide bonds. The molecule has 3 N–H and O–H groups in total. The van der Waals surface area contributed by atoms with E-state index in [4.69, 9.17) is 10.5 Å². The van der Waals surface area contributed by atoms with E-state index in [1.54, 1.807) is 7.11 Å². The monoisotopic (exact) mass is 235 g/mol. The first-order valence-electron chi connectivity index (χ1n) is 6.12. The van der Waals surface area contributed by atoms with Crippen molar-refractivity contribution >= 4 is 0 Å². The summed E-state index contributed by atoms with van der Waals surface area (Å²) in [5, 5.41) is 10.2. The van der Waals surface area contributed by atoms with Crippen molar-refractivity contribution in [2.75, 3.05) is 7.11 Å². The van der Waals surface area contributed by atoms with Crippen LogP contribution >= 0.6 is 0 Å². The molecule has 0 radical (unpaired) electrons. The van der Waals surface area contributed by atoms with Gasteiger partial charge in [-0.15, -0.1) is 0 Å². The van der Waals surface area contributed by atoms with Gasteiger partial charge in [0.25, 0.3) is 0 Å². The molecule has 0 aromatic heterocycles. The molecule has 0 atom stereocenters. The molecule has 0 heterocycles. The molecule has 2 rings (SSSR count). The average molecular weight is 235 g/mol. The number of benzene rings is 1. The van der Waals surface area contributed by atoms with E-state index in [-0.39, 0.29) is 5.54 Å². The van der Waals surface area contributed by atoms with Crippen LogP contribution < -0.4 is 10.5 Å². The van der Waals surface area contributed by atoms with E-state index >= 15 is 0 Å². The Morgan fingerprint density at radius 1 is 1.41 bits per heavy atom. The predicted octanol–water partition coefficient (Wildman–Crippen LogP) is 2.44. The van der Waals surface area contributed by atoms with E-state index in [0.717, 1.165) is 48.1 Å². The fourth-order valence-electron chi connectivity index (χ4n) is 2.23. The third-order valence-corrected chi connectivity index (χ3v) is 3.82.